The number of carbonyl (C=O) groups is 3. The summed E-state index contributed by atoms with van der Waals surface area (Å²) in [6, 6.07) is 11.9. The molecule has 1 aliphatic rings. The highest BCUT2D eigenvalue weighted by molar-refractivity contribution is 8.14. The fraction of sp³-hybridized carbons (Fsp3) is 0.400. The standard InChI is InChI=1S/C25H28Cl2N2O3S/c1-16(30)28-21(13-17-9-5-3-6-10-17)23(31)33-22-15-19(27)18(26)14-20(22)29-24(32)25(2)11-7-4-8-12-25/h3,5-6,9-10,14-15,21H,4,7-8,11-13H2,1-2H3,(H,28,30)(H,29,32)/t21-/m0/s1. The van der Waals surface area contributed by atoms with E-state index in [1.807, 2.05) is 37.3 Å². The second-order valence-electron chi connectivity index (χ2n) is 8.70. The molecule has 2 aromatic carbocycles. The van der Waals surface area contributed by atoms with Crippen LogP contribution in [0.2, 0.25) is 10.0 Å². The van der Waals surface area contributed by atoms with Crippen molar-refractivity contribution in [3.8, 4) is 0 Å². The van der Waals surface area contributed by atoms with Crippen LogP contribution in [0, 0.1) is 5.41 Å². The second-order valence-corrected chi connectivity index (χ2v) is 10.6. The van der Waals surface area contributed by atoms with Crippen molar-refractivity contribution in [3.63, 3.8) is 0 Å². The Balaban J connectivity index is 1.83. The highest BCUT2D eigenvalue weighted by Gasteiger charge is 2.35. The molecule has 0 aromatic heterocycles. The molecule has 3 rings (SSSR count). The van der Waals surface area contributed by atoms with Gasteiger partial charge in [0.15, 0.2) is 0 Å². The number of amides is 2. The van der Waals surface area contributed by atoms with Crippen molar-refractivity contribution in [1.29, 1.82) is 0 Å². The molecule has 0 heterocycles. The lowest BCUT2D eigenvalue weighted by atomic mass is 9.75. The summed E-state index contributed by atoms with van der Waals surface area (Å²) in [7, 11) is 0. The largest absolute Gasteiger partial charge is 0.345 e. The Bertz CT molecular complexity index is 1020. The van der Waals surface area contributed by atoms with Crippen molar-refractivity contribution in [2.75, 3.05) is 5.32 Å². The molecular weight excluding hydrogens is 479 g/mol. The van der Waals surface area contributed by atoms with Crippen molar-refractivity contribution < 1.29 is 14.4 Å². The first-order valence-electron chi connectivity index (χ1n) is 11.0. The number of benzene rings is 2. The molecule has 2 aromatic rings. The number of carbonyl (C=O) groups excluding carboxylic acids is 3. The van der Waals surface area contributed by atoms with E-state index in [4.69, 9.17) is 23.2 Å². The molecule has 176 valence electrons. The summed E-state index contributed by atoms with van der Waals surface area (Å²) in [5, 5.41) is 6.04. The highest BCUT2D eigenvalue weighted by Crippen LogP contribution is 2.40. The number of rotatable bonds is 7. The number of hydrogen-bond acceptors (Lipinski definition) is 4. The summed E-state index contributed by atoms with van der Waals surface area (Å²) in [5.74, 6) is -0.379. The summed E-state index contributed by atoms with van der Waals surface area (Å²) in [6.45, 7) is 3.36. The summed E-state index contributed by atoms with van der Waals surface area (Å²) >= 11 is 13.4. The van der Waals surface area contributed by atoms with Crippen LogP contribution in [0.3, 0.4) is 0 Å². The minimum atomic E-state index is -0.733. The Morgan fingerprint density at radius 2 is 1.67 bits per heavy atom. The molecule has 2 N–H and O–H groups in total. The minimum Gasteiger partial charge on any atom is -0.345 e. The van der Waals surface area contributed by atoms with E-state index in [9.17, 15) is 14.4 Å². The molecule has 2 amide bonds. The van der Waals surface area contributed by atoms with Crippen LogP contribution in [0.15, 0.2) is 47.4 Å². The van der Waals surface area contributed by atoms with Crippen LogP contribution in [-0.2, 0) is 20.8 Å². The first-order valence-corrected chi connectivity index (χ1v) is 12.6. The Kier molecular flexibility index (Phi) is 8.85. The van der Waals surface area contributed by atoms with Gasteiger partial charge in [-0.1, -0.05) is 79.7 Å². The monoisotopic (exact) mass is 506 g/mol. The zero-order valence-electron chi connectivity index (χ0n) is 18.8. The first kappa shape index (κ1) is 25.6. The van der Waals surface area contributed by atoms with Crippen molar-refractivity contribution in [3.05, 3.63) is 58.1 Å². The molecule has 0 aliphatic heterocycles. The molecule has 33 heavy (non-hydrogen) atoms. The summed E-state index contributed by atoms with van der Waals surface area (Å²) in [5.41, 5.74) is 0.918. The number of thioether (sulfide) groups is 1. The average Bonchev–Trinajstić information content (AvgIpc) is 2.77. The van der Waals surface area contributed by atoms with Crippen molar-refractivity contribution in [2.24, 2.45) is 5.41 Å². The van der Waals surface area contributed by atoms with Gasteiger partial charge in [-0.05, 0) is 42.3 Å². The maximum absolute atomic E-state index is 13.2. The van der Waals surface area contributed by atoms with Gasteiger partial charge in [-0.15, -0.1) is 0 Å². The zero-order chi connectivity index (χ0) is 24.0. The van der Waals surface area contributed by atoms with Gasteiger partial charge in [-0.3, -0.25) is 14.4 Å². The lowest BCUT2D eigenvalue weighted by Gasteiger charge is -2.32. The van der Waals surface area contributed by atoms with Crippen LogP contribution >= 0.6 is 35.0 Å². The Morgan fingerprint density at radius 1 is 1.03 bits per heavy atom. The van der Waals surface area contributed by atoms with Crippen LogP contribution in [0.1, 0.15) is 51.5 Å². The third-order valence-electron chi connectivity index (χ3n) is 5.93. The van der Waals surface area contributed by atoms with Gasteiger partial charge < -0.3 is 10.6 Å². The molecule has 1 fully saturated rings. The van der Waals surface area contributed by atoms with E-state index in [0.29, 0.717) is 22.0 Å². The molecule has 0 saturated heterocycles. The Morgan fingerprint density at radius 3 is 2.30 bits per heavy atom. The minimum absolute atomic E-state index is 0.0856. The molecule has 1 aliphatic carbocycles. The molecule has 1 atom stereocenters. The van der Waals surface area contributed by atoms with E-state index < -0.39 is 11.5 Å². The van der Waals surface area contributed by atoms with Crippen LogP contribution in [0.4, 0.5) is 5.69 Å². The number of hydrogen-bond donors (Lipinski definition) is 2. The van der Waals surface area contributed by atoms with E-state index in [1.165, 1.54) is 6.92 Å². The lowest BCUT2D eigenvalue weighted by Crippen LogP contribution is -2.40. The molecule has 5 nitrogen and oxygen atoms in total. The second kappa shape index (κ2) is 11.4. The predicted octanol–water partition coefficient (Wildman–Crippen LogP) is 6.27. The van der Waals surface area contributed by atoms with Crippen LogP contribution in [0.25, 0.3) is 0 Å². The molecule has 0 bridgehead atoms. The molecule has 1 saturated carbocycles. The fourth-order valence-corrected chi connectivity index (χ4v) is 5.30. The van der Waals surface area contributed by atoms with E-state index in [-0.39, 0.29) is 22.0 Å². The van der Waals surface area contributed by atoms with Gasteiger partial charge in [0, 0.05) is 23.7 Å². The van der Waals surface area contributed by atoms with E-state index in [0.717, 1.165) is 49.4 Å². The lowest BCUT2D eigenvalue weighted by molar-refractivity contribution is -0.126. The van der Waals surface area contributed by atoms with Crippen LogP contribution in [-0.4, -0.2) is 23.0 Å². The van der Waals surface area contributed by atoms with Crippen LogP contribution in [0.5, 0.6) is 0 Å². The first-order chi connectivity index (χ1) is 15.7. The third kappa shape index (κ3) is 6.98. The SMILES string of the molecule is CC(=O)N[C@@H](Cc1ccccc1)C(=O)Sc1cc(Cl)c(Cl)cc1NC(=O)C1(C)CCCCC1. The summed E-state index contributed by atoms with van der Waals surface area (Å²) in [4.78, 5) is 38.6. The summed E-state index contributed by atoms with van der Waals surface area (Å²) in [6.07, 6.45) is 5.17. The van der Waals surface area contributed by atoms with Gasteiger partial charge in [0.05, 0.1) is 15.7 Å². The maximum atomic E-state index is 13.2. The van der Waals surface area contributed by atoms with Crippen molar-refractivity contribution in [1.82, 2.24) is 5.32 Å². The molecule has 0 spiro atoms. The normalized spacial score (nSPS) is 16.0. The van der Waals surface area contributed by atoms with E-state index >= 15 is 0 Å². The predicted molar refractivity (Wildman–Crippen MR) is 135 cm³/mol. The molecule has 0 unspecified atom stereocenters. The van der Waals surface area contributed by atoms with Crippen LogP contribution < -0.4 is 10.6 Å². The topological polar surface area (TPSA) is 75.3 Å². The zero-order valence-corrected chi connectivity index (χ0v) is 21.1. The van der Waals surface area contributed by atoms with Crippen molar-refractivity contribution >= 4 is 57.6 Å². The smallest absolute Gasteiger partial charge is 0.230 e. The van der Waals surface area contributed by atoms with Gasteiger partial charge in [-0.25, -0.2) is 0 Å². The van der Waals surface area contributed by atoms with E-state index in [1.54, 1.807) is 12.1 Å². The van der Waals surface area contributed by atoms with E-state index in [2.05, 4.69) is 10.6 Å². The Hall–Kier alpha value is -2.02. The highest BCUT2D eigenvalue weighted by atomic mass is 35.5. The number of nitrogens with one attached hydrogen (secondary N) is 2. The third-order valence-corrected chi connectivity index (χ3v) is 7.70. The average molecular weight is 507 g/mol. The summed E-state index contributed by atoms with van der Waals surface area (Å²) < 4.78 is 0. The Labute approximate surface area is 209 Å². The molecule has 8 heteroatoms. The molecule has 0 radical (unpaired) electrons. The maximum Gasteiger partial charge on any atom is 0.230 e. The van der Waals surface area contributed by atoms with Gasteiger partial charge in [0.2, 0.25) is 16.9 Å². The van der Waals surface area contributed by atoms with Gasteiger partial charge in [0.25, 0.3) is 0 Å². The van der Waals surface area contributed by atoms with Crippen molar-refractivity contribution in [2.45, 2.75) is 63.3 Å². The quantitative estimate of drug-likeness (QED) is 0.434. The van der Waals surface area contributed by atoms with Gasteiger partial charge >= 0.3 is 0 Å². The van der Waals surface area contributed by atoms with Gasteiger partial charge in [0.1, 0.15) is 6.04 Å². The fourth-order valence-electron chi connectivity index (χ4n) is 4.01. The molecular formula is C25H28Cl2N2O3S. The number of anilines is 1. The number of halogens is 2. The van der Waals surface area contributed by atoms with Gasteiger partial charge in [-0.2, -0.15) is 0 Å².